The number of allylic oxidation sites excluding steroid dienone is 1. The first-order chi connectivity index (χ1) is 13.5. The molecule has 0 amide bonds. The monoisotopic (exact) mass is 408 g/mol. The second kappa shape index (κ2) is 6.60. The van der Waals surface area contributed by atoms with Crippen LogP contribution in [0.4, 0.5) is 0 Å². The molecular weight excluding hydrogens is 372 g/mol. The van der Waals surface area contributed by atoms with E-state index in [1.54, 1.807) is 14.2 Å². The molecule has 2 N–H and O–H groups in total. The molecule has 4 rings (SSSR count). The van der Waals surface area contributed by atoms with Crippen molar-refractivity contribution in [3.63, 3.8) is 0 Å². The van der Waals surface area contributed by atoms with Crippen LogP contribution in [0, 0.1) is 29.1 Å². The molecular formula is C23H36O6. The SMILES string of the molecule is CO[C@H]1[C@@H]2[C@]3(OC)CO[C@@H]3C[C@H](O)[C@@]2(C)C(=O)[C@H](C)C2=C(C)C(C)C[C@]1(O)[C@H]2C. The van der Waals surface area contributed by atoms with Crippen LogP contribution in [0.3, 0.4) is 0 Å². The van der Waals surface area contributed by atoms with Gasteiger partial charge in [-0.05, 0) is 26.2 Å². The van der Waals surface area contributed by atoms with Crippen LogP contribution >= 0.6 is 0 Å². The Morgan fingerprint density at radius 1 is 1.21 bits per heavy atom. The van der Waals surface area contributed by atoms with Gasteiger partial charge in [0.05, 0.1) is 35.9 Å². The molecule has 0 radical (unpaired) electrons. The highest BCUT2D eigenvalue weighted by Crippen LogP contribution is 2.62. The number of rotatable bonds is 2. The molecule has 1 aliphatic heterocycles. The van der Waals surface area contributed by atoms with E-state index in [-0.39, 0.29) is 29.6 Å². The molecule has 0 spiro atoms. The summed E-state index contributed by atoms with van der Waals surface area (Å²) in [6.45, 7) is 10.3. The van der Waals surface area contributed by atoms with Crippen LogP contribution in [-0.2, 0) is 19.0 Å². The van der Waals surface area contributed by atoms with Crippen molar-refractivity contribution in [2.45, 2.75) is 77.0 Å². The van der Waals surface area contributed by atoms with Crippen LogP contribution in [0.5, 0.6) is 0 Å². The van der Waals surface area contributed by atoms with Gasteiger partial charge < -0.3 is 24.4 Å². The van der Waals surface area contributed by atoms with Crippen LogP contribution in [0.15, 0.2) is 11.1 Å². The number of carbonyl (C=O) groups excluding carboxylic acids is 1. The first-order valence-corrected chi connectivity index (χ1v) is 10.9. The second-order valence-corrected chi connectivity index (χ2v) is 10.2. The standard InChI is InChI=1S/C23H36O6/c1-11-9-22(26)14(4)17(12(11)2)13(3)19(25)21(5)15(24)8-16-23(28-7,10-29-16)18(21)20(22)27-6/h11,13-16,18,20,24,26H,8-10H2,1-7H3/t11?,13-,14+,15+,16-,18+,20+,21-,22+,23+/m1/s1. The molecule has 0 aromatic heterocycles. The number of hydrogen-bond donors (Lipinski definition) is 2. The fourth-order valence-electron chi connectivity index (χ4n) is 7.32. The quantitative estimate of drug-likeness (QED) is 0.681. The Labute approximate surface area is 173 Å². The predicted octanol–water partition coefficient (Wildman–Crippen LogP) is 2.11. The molecule has 29 heavy (non-hydrogen) atoms. The van der Waals surface area contributed by atoms with E-state index in [0.29, 0.717) is 19.4 Å². The van der Waals surface area contributed by atoms with Crippen LogP contribution in [-0.4, -0.2) is 66.3 Å². The van der Waals surface area contributed by atoms with Gasteiger partial charge in [0.25, 0.3) is 0 Å². The Bertz CT molecular complexity index is 744. The molecule has 0 aromatic carbocycles. The molecule has 10 atom stereocenters. The first kappa shape index (κ1) is 21.4. The third-order valence-electron chi connectivity index (χ3n) is 9.22. The highest BCUT2D eigenvalue weighted by Gasteiger charge is 2.74. The summed E-state index contributed by atoms with van der Waals surface area (Å²) in [5.74, 6) is -0.965. The average molecular weight is 409 g/mol. The van der Waals surface area contributed by atoms with E-state index in [2.05, 4.69) is 13.8 Å². The number of hydrogen-bond acceptors (Lipinski definition) is 6. The Kier molecular flexibility index (Phi) is 4.88. The lowest BCUT2D eigenvalue weighted by atomic mass is 9.46. The highest BCUT2D eigenvalue weighted by atomic mass is 16.6. The maximum absolute atomic E-state index is 14.0. The summed E-state index contributed by atoms with van der Waals surface area (Å²) in [5, 5.41) is 23.4. The van der Waals surface area contributed by atoms with Crippen molar-refractivity contribution in [3.8, 4) is 0 Å². The smallest absolute Gasteiger partial charge is 0.148 e. The van der Waals surface area contributed by atoms with Gasteiger partial charge in [0, 0.05) is 38.4 Å². The second-order valence-electron chi connectivity index (χ2n) is 10.2. The zero-order valence-corrected chi connectivity index (χ0v) is 18.7. The fourth-order valence-corrected chi connectivity index (χ4v) is 7.32. The van der Waals surface area contributed by atoms with E-state index in [4.69, 9.17) is 14.2 Å². The van der Waals surface area contributed by atoms with Crippen molar-refractivity contribution < 1.29 is 29.2 Å². The third-order valence-corrected chi connectivity index (χ3v) is 9.22. The highest BCUT2D eigenvalue weighted by molar-refractivity contribution is 5.91. The maximum Gasteiger partial charge on any atom is 0.148 e. The minimum atomic E-state index is -1.16. The Morgan fingerprint density at radius 2 is 1.86 bits per heavy atom. The molecule has 1 heterocycles. The third kappa shape index (κ3) is 2.38. The molecule has 164 valence electrons. The van der Waals surface area contributed by atoms with Gasteiger partial charge in [-0.1, -0.05) is 31.9 Å². The number of aliphatic hydroxyl groups is 2. The van der Waals surface area contributed by atoms with Gasteiger partial charge in [0.15, 0.2) is 0 Å². The predicted molar refractivity (Wildman–Crippen MR) is 107 cm³/mol. The van der Waals surface area contributed by atoms with Crippen LogP contribution in [0.2, 0.25) is 0 Å². The van der Waals surface area contributed by atoms with Gasteiger partial charge in [0.1, 0.15) is 11.4 Å². The summed E-state index contributed by atoms with van der Waals surface area (Å²) in [7, 11) is 3.24. The molecule has 1 unspecified atom stereocenters. The number of carbonyl (C=O) groups is 1. The number of aliphatic hydroxyl groups excluding tert-OH is 1. The zero-order valence-electron chi connectivity index (χ0n) is 18.7. The van der Waals surface area contributed by atoms with Gasteiger partial charge in [0.2, 0.25) is 0 Å². The van der Waals surface area contributed by atoms with E-state index in [1.165, 1.54) is 5.57 Å². The van der Waals surface area contributed by atoms with Gasteiger partial charge in [-0.3, -0.25) is 4.79 Å². The number of ether oxygens (including phenoxy) is 3. The lowest BCUT2D eigenvalue weighted by Gasteiger charge is -2.67. The van der Waals surface area contributed by atoms with E-state index in [9.17, 15) is 15.0 Å². The van der Waals surface area contributed by atoms with Crippen LogP contribution < -0.4 is 0 Å². The van der Waals surface area contributed by atoms with Crippen molar-refractivity contribution >= 4 is 5.78 Å². The van der Waals surface area contributed by atoms with Crippen LogP contribution in [0.1, 0.15) is 47.5 Å². The van der Waals surface area contributed by atoms with E-state index in [1.807, 2.05) is 20.8 Å². The Hall–Kier alpha value is -0.790. The van der Waals surface area contributed by atoms with Crippen molar-refractivity contribution in [3.05, 3.63) is 11.1 Å². The van der Waals surface area contributed by atoms with Gasteiger partial charge in [-0.15, -0.1) is 0 Å². The van der Waals surface area contributed by atoms with E-state index >= 15 is 0 Å². The molecule has 6 nitrogen and oxygen atoms in total. The van der Waals surface area contributed by atoms with E-state index < -0.39 is 34.7 Å². The normalized spacial score (nSPS) is 54.8. The Balaban J connectivity index is 2.01. The van der Waals surface area contributed by atoms with Crippen molar-refractivity contribution in [2.75, 3.05) is 20.8 Å². The topological polar surface area (TPSA) is 85.2 Å². The van der Waals surface area contributed by atoms with Crippen molar-refractivity contribution in [2.24, 2.45) is 29.1 Å². The first-order valence-electron chi connectivity index (χ1n) is 10.9. The minimum Gasteiger partial charge on any atom is -0.392 e. The molecule has 2 saturated carbocycles. The van der Waals surface area contributed by atoms with Gasteiger partial charge in [-0.25, -0.2) is 0 Å². The summed E-state index contributed by atoms with van der Waals surface area (Å²) >= 11 is 0. The molecule has 2 bridgehead atoms. The zero-order chi connectivity index (χ0) is 21.5. The molecule has 1 saturated heterocycles. The van der Waals surface area contributed by atoms with Gasteiger partial charge >= 0.3 is 0 Å². The minimum absolute atomic E-state index is 0.0103. The summed E-state index contributed by atoms with van der Waals surface area (Å²) < 4.78 is 17.9. The fraction of sp³-hybridized carbons (Fsp3) is 0.870. The Morgan fingerprint density at radius 3 is 2.38 bits per heavy atom. The summed E-state index contributed by atoms with van der Waals surface area (Å²) in [5.41, 5.74) is -0.834. The molecule has 3 fully saturated rings. The molecule has 6 heteroatoms. The largest absolute Gasteiger partial charge is 0.392 e. The van der Waals surface area contributed by atoms with Crippen molar-refractivity contribution in [1.29, 1.82) is 0 Å². The summed E-state index contributed by atoms with van der Waals surface area (Å²) in [4.78, 5) is 14.0. The van der Waals surface area contributed by atoms with Crippen molar-refractivity contribution in [1.82, 2.24) is 0 Å². The summed E-state index contributed by atoms with van der Waals surface area (Å²) in [6, 6.07) is 0. The molecule has 4 aliphatic rings. The van der Waals surface area contributed by atoms with Gasteiger partial charge in [-0.2, -0.15) is 0 Å². The number of Topliss-reactive ketones (excluding diaryl/α,β-unsaturated/α-hetero) is 1. The number of ketones is 1. The lowest BCUT2D eigenvalue weighted by Crippen LogP contribution is -2.79. The maximum atomic E-state index is 14.0. The average Bonchev–Trinajstić information content (AvgIpc) is 2.67. The van der Waals surface area contributed by atoms with E-state index in [0.717, 1.165) is 5.57 Å². The molecule has 0 aromatic rings. The summed E-state index contributed by atoms with van der Waals surface area (Å²) in [6.07, 6.45) is -0.956. The molecule has 3 aliphatic carbocycles. The number of fused-ring (bicyclic) bond motifs is 5. The lowest BCUT2D eigenvalue weighted by molar-refractivity contribution is -0.349. The number of methoxy groups -OCH3 is 2. The van der Waals surface area contributed by atoms with Crippen LogP contribution in [0.25, 0.3) is 0 Å².